The minimum atomic E-state index is -4.46. The summed E-state index contributed by atoms with van der Waals surface area (Å²) in [5.74, 6) is -0.266. The number of anilines is 1. The summed E-state index contributed by atoms with van der Waals surface area (Å²) >= 11 is 0. The zero-order chi connectivity index (χ0) is 20.9. The molecular formula is C19H19F3N4O3. The van der Waals surface area contributed by atoms with Gasteiger partial charge in [0.2, 0.25) is 11.8 Å². The predicted molar refractivity (Wildman–Crippen MR) is 97.2 cm³/mol. The summed E-state index contributed by atoms with van der Waals surface area (Å²) in [5.41, 5.74) is 0.910. The number of carbonyl (C=O) groups excluding carboxylic acids is 2. The first-order valence-corrected chi connectivity index (χ1v) is 9.00. The van der Waals surface area contributed by atoms with Gasteiger partial charge in [-0.3, -0.25) is 9.59 Å². The molecule has 1 fully saturated rings. The maximum absolute atomic E-state index is 12.2. The second-order valence-electron chi connectivity index (χ2n) is 6.64. The molecule has 0 bridgehead atoms. The van der Waals surface area contributed by atoms with Crippen LogP contribution >= 0.6 is 0 Å². The number of nitrogens with one attached hydrogen (secondary N) is 2. The van der Waals surface area contributed by atoms with Gasteiger partial charge in [0.05, 0.1) is 5.56 Å². The number of halogens is 3. The molecule has 1 aliphatic carbocycles. The Morgan fingerprint density at radius 3 is 2.59 bits per heavy atom. The molecule has 0 unspecified atom stereocenters. The largest absolute Gasteiger partial charge is 0.468 e. The van der Waals surface area contributed by atoms with Crippen LogP contribution in [-0.4, -0.2) is 34.6 Å². The van der Waals surface area contributed by atoms with Crippen molar-refractivity contribution in [3.05, 3.63) is 47.8 Å². The fourth-order valence-electron chi connectivity index (χ4n) is 2.59. The summed E-state index contributed by atoms with van der Waals surface area (Å²) < 4.78 is 40.9. The first-order valence-electron chi connectivity index (χ1n) is 9.00. The lowest BCUT2D eigenvalue weighted by molar-refractivity contribution is -0.154. The number of hydrogen-bond donors (Lipinski definition) is 2. The molecule has 7 nitrogen and oxygen atoms in total. The number of pyridine rings is 2. The number of ether oxygens (including phenoxy) is 1. The average Bonchev–Trinajstić information content (AvgIpc) is 2.63. The van der Waals surface area contributed by atoms with Gasteiger partial charge in [0, 0.05) is 30.9 Å². The van der Waals surface area contributed by atoms with E-state index in [9.17, 15) is 22.8 Å². The van der Waals surface area contributed by atoms with Gasteiger partial charge in [-0.2, -0.15) is 13.2 Å². The molecule has 3 rings (SSSR count). The van der Waals surface area contributed by atoms with Crippen molar-refractivity contribution in [1.29, 1.82) is 0 Å². The number of aromatic nitrogens is 2. The molecular weight excluding hydrogens is 389 g/mol. The number of hydrogen-bond acceptors (Lipinski definition) is 5. The van der Waals surface area contributed by atoms with Crippen LogP contribution in [0.2, 0.25) is 0 Å². The molecule has 154 valence electrons. The van der Waals surface area contributed by atoms with Gasteiger partial charge >= 0.3 is 6.18 Å². The number of carbonyl (C=O) groups is 2. The van der Waals surface area contributed by atoms with Crippen LogP contribution in [0.25, 0.3) is 0 Å². The molecule has 2 aromatic rings. The van der Waals surface area contributed by atoms with Crippen LogP contribution in [-0.2, 0) is 11.3 Å². The third kappa shape index (κ3) is 6.16. The number of nitrogens with zero attached hydrogens (tertiary/aromatic N) is 2. The van der Waals surface area contributed by atoms with Gasteiger partial charge in [0.25, 0.3) is 5.91 Å². The third-order valence-corrected chi connectivity index (χ3v) is 4.39. The smallest absolute Gasteiger partial charge is 0.422 e. The summed E-state index contributed by atoms with van der Waals surface area (Å²) in [5, 5.41) is 5.44. The van der Waals surface area contributed by atoms with Crippen molar-refractivity contribution in [3.8, 4) is 5.88 Å². The first-order chi connectivity index (χ1) is 13.8. The lowest BCUT2D eigenvalue weighted by Gasteiger charge is -2.23. The summed E-state index contributed by atoms with van der Waals surface area (Å²) in [7, 11) is 0. The Morgan fingerprint density at radius 1 is 1.17 bits per heavy atom. The molecule has 2 heterocycles. The second-order valence-corrected chi connectivity index (χ2v) is 6.64. The van der Waals surface area contributed by atoms with Gasteiger partial charge in [-0.25, -0.2) is 9.97 Å². The Kier molecular flexibility index (Phi) is 6.30. The molecule has 2 aromatic heterocycles. The van der Waals surface area contributed by atoms with E-state index in [1.54, 1.807) is 12.1 Å². The molecule has 2 N–H and O–H groups in total. The van der Waals surface area contributed by atoms with Crippen molar-refractivity contribution in [3.63, 3.8) is 0 Å². The molecule has 1 saturated carbocycles. The van der Waals surface area contributed by atoms with Gasteiger partial charge < -0.3 is 15.4 Å². The lowest BCUT2D eigenvalue weighted by atomic mass is 9.85. The summed E-state index contributed by atoms with van der Waals surface area (Å²) in [6, 6.07) is 5.89. The van der Waals surface area contributed by atoms with Gasteiger partial charge in [0.15, 0.2) is 6.61 Å². The summed E-state index contributed by atoms with van der Waals surface area (Å²) in [6.45, 7) is -1.27. The maximum atomic E-state index is 12.2. The predicted octanol–water partition coefficient (Wildman–Crippen LogP) is 3.09. The van der Waals surface area contributed by atoms with E-state index < -0.39 is 18.7 Å². The molecule has 0 radical (unpaired) electrons. The molecule has 0 aromatic carbocycles. The topological polar surface area (TPSA) is 93.2 Å². The normalized spacial score (nSPS) is 14.0. The first kappa shape index (κ1) is 20.6. The van der Waals surface area contributed by atoms with E-state index in [0.717, 1.165) is 31.0 Å². The Balaban J connectivity index is 1.51. The highest BCUT2D eigenvalue weighted by atomic mass is 19.4. The van der Waals surface area contributed by atoms with Crippen LogP contribution in [0, 0.1) is 5.92 Å². The number of amides is 2. The maximum Gasteiger partial charge on any atom is 0.422 e. The second kappa shape index (κ2) is 8.89. The average molecular weight is 408 g/mol. The molecule has 1 aliphatic rings. The van der Waals surface area contributed by atoms with Crippen molar-refractivity contribution in [2.45, 2.75) is 32.0 Å². The highest BCUT2D eigenvalue weighted by Crippen LogP contribution is 2.27. The SMILES string of the molecule is O=C(NCc1ccnc(NC(=O)C2CCC2)c1)c1ccc(OCC(F)(F)F)nc1. The van der Waals surface area contributed by atoms with E-state index in [2.05, 4.69) is 25.3 Å². The zero-order valence-corrected chi connectivity index (χ0v) is 15.3. The van der Waals surface area contributed by atoms with Crippen LogP contribution < -0.4 is 15.4 Å². The molecule has 29 heavy (non-hydrogen) atoms. The van der Waals surface area contributed by atoms with E-state index in [4.69, 9.17) is 0 Å². The van der Waals surface area contributed by atoms with Crippen LogP contribution in [0.5, 0.6) is 5.88 Å². The highest BCUT2D eigenvalue weighted by Gasteiger charge is 2.28. The van der Waals surface area contributed by atoms with Gasteiger partial charge in [-0.05, 0) is 36.6 Å². The molecule has 0 aliphatic heterocycles. The summed E-state index contributed by atoms with van der Waals surface area (Å²) in [6.07, 6.45) is 1.04. The number of alkyl halides is 3. The van der Waals surface area contributed by atoms with Crippen LogP contribution in [0.4, 0.5) is 19.0 Å². The van der Waals surface area contributed by atoms with E-state index in [1.165, 1.54) is 18.3 Å². The molecule has 0 atom stereocenters. The van der Waals surface area contributed by atoms with Crippen molar-refractivity contribution >= 4 is 17.6 Å². The fraction of sp³-hybridized carbons (Fsp3) is 0.368. The summed E-state index contributed by atoms with van der Waals surface area (Å²) in [4.78, 5) is 32.0. The lowest BCUT2D eigenvalue weighted by Crippen LogP contribution is -2.28. The molecule has 2 amide bonds. The highest BCUT2D eigenvalue weighted by molar-refractivity contribution is 5.94. The Labute approximate surface area is 164 Å². The van der Waals surface area contributed by atoms with E-state index in [0.29, 0.717) is 5.82 Å². The molecule has 0 spiro atoms. The van der Waals surface area contributed by atoms with Crippen molar-refractivity contribution in [2.75, 3.05) is 11.9 Å². The molecule has 0 saturated heterocycles. The van der Waals surface area contributed by atoms with Crippen molar-refractivity contribution < 1.29 is 27.5 Å². The van der Waals surface area contributed by atoms with Gasteiger partial charge in [-0.1, -0.05) is 6.42 Å². The van der Waals surface area contributed by atoms with E-state index >= 15 is 0 Å². The van der Waals surface area contributed by atoms with Crippen LogP contribution in [0.3, 0.4) is 0 Å². The number of rotatable bonds is 7. The van der Waals surface area contributed by atoms with Crippen LogP contribution in [0.15, 0.2) is 36.7 Å². The van der Waals surface area contributed by atoms with Crippen molar-refractivity contribution in [1.82, 2.24) is 15.3 Å². The Bertz CT molecular complexity index is 868. The fourth-order valence-corrected chi connectivity index (χ4v) is 2.59. The van der Waals surface area contributed by atoms with E-state index in [-0.39, 0.29) is 29.8 Å². The molecule has 10 heteroatoms. The van der Waals surface area contributed by atoms with Gasteiger partial charge in [-0.15, -0.1) is 0 Å². The minimum absolute atomic E-state index is 0.0377. The standard InChI is InChI=1S/C19H19F3N4O3/c20-19(21,22)11-29-16-5-4-14(10-24-16)17(27)25-9-12-6-7-23-15(8-12)26-18(28)13-2-1-3-13/h4-8,10,13H,1-3,9,11H2,(H,25,27)(H,23,26,28). The Morgan fingerprint density at radius 2 is 1.97 bits per heavy atom. The van der Waals surface area contributed by atoms with E-state index in [1.807, 2.05) is 0 Å². The van der Waals surface area contributed by atoms with Crippen LogP contribution in [0.1, 0.15) is 35.2 Å². The zero-order valence-electron chi connectivity index (χ0n) is 15.3. The van der Waals surface area contributed by atoms with Crippen molar-refractivity contribution in [2.24, 2.45) is 5.92 Å². The Hall–Kier alpha value is -3.17. The monoisotopic (exact) mass is 408 g/mol. The third-order valence-electron chi connectivity index (χ3n) is 4.39. The minimum Gasteiger partial charge on any atom is -0.468 e. The van der Waals surface area contributed by atoms with Gasteiger partial charge in [0.1, 0.15) is 5.82 Å². The quantitative estimate of drug-likeness (QED) is 0.735.